The molecule has 6 heteroatoms. The number of ether oxygens (including phenoxy) is 2. The highest BCUT2D eigenvalue weighted by Crippen LogP contribution is 2.22. The normalized spacial score (nSPS) is 9.67. The molecule has 0 bridgehead atoms. The van der Waals surface area contributed by atoms with Crippen molar-refractivity contribution in [2.45, 2.75) is 0 Å². The van der Waals surface area contributed by atoms with Gasteiger partial charge in [0, 0.05) is 0 Å². The zero-order chi connectivity index (χ0) is 17.4. The molecule has 0 atom stereocenters. The quantitative estimate of drug-likeness (QED) is 0.820. The Hall–Kier alpha value is -3.33. The van der Waals surface area contributed by atoms with E-state index in [0.29, 0.717) is 11.3 Å². The molecule has 2 aromatic rings. The first-order valence-electron chi connectivity index (χ1n) is 7.19. The number of nitrogens with zero attached hydrogens (tertiary/aromatic N) is 1. The van der Waals surface area contributed by atoms with Crippen molar-refractivity contribution in [1.82, 2.24) is 5.32 Å². The number of hydrogen-bond acceptors (Lipinski definition) is 5. The van der Waals surface area contributed by atoms with Crippen LogP contribution in [0.3, 0.4) is 0 Å². The molecule has 1 N–H and O–H groups in total. The number of rotatable bonds is 6. The van der Waals surface area contributed by atoms with Crippen LogP contribution in [0.25, 0.3) is 11.1 Å². The third kappa shape index (κ3) is 4.85. The second-order valence-electron chi connectivity index (χ2n) is 4.86. The molecule has 0 radical (unpaired) electrons. The minimum Gasteiger partial charge on any atom is -0.484 e. The Labute approximate surface area is 139 Å². The van der Waals surface area contributed by atoms with Crippen molar-refractivity contribution in [3.63, 3.8) is 0 Å². The Balaban J connectivity index is 1.88. The van der Waals surface area contributed by atoms with E-state index >= 15 is 0 Å². The van der Waals surface area contributed by atoms with Crippen LogP contribution in [-0.2, 0) is 14.3 Å². The average molecular weight is 324 g/mol. The van der Waals surface area contributed by atoms with Crippen molar-refractivity contribution in [3.8, 4) is 22.9 Å². The third-order valence-corrected chi connectivity index (χ3v) is 3.23. The maximum Gasteiger partial charge on any atom is 0.325 e. The van der Waals surface area contributed by atoms with E-state index in [1.54, 1.807) is 24.3 Å². The lowest BCUT2D eigenvalue weighted by Gasteiger charge is -2.08. The van der Waals surface area contributed by atoms with Gasteiger partial charge < -0.3 is 14.8 Å². The Morgan fingerprint density at radius 3 is 2.17 bits per heavy atom. The third-order valence-electron chi connectivity index (χ3n) is 3.23. The van der Waals surface area contributed by atoms with Gasteiger partial charge in [0.2, 0.25) is 0 Å². The van der Waals surface area contributed by atoms with E-state index in [4.69, 9.17) is 10.00 Å². The molecule has 0 spiro atoms. The molecule has 0 aromatic heterocycles. The highest BCUT2D eigenvalue weighted by Gasteiger charge is 2.06. The highest BCUT2D eigenvalue weighted by atomic mass is 16.5. The Bertz CT molecular complexity index is 746. The maximum atomic E-state index is 11.5. The Morgan fingerprint density at radius 1 is 1.04 bits per heavy atom. The molecule has 6 nitrogen and oxygen atoms in total. The number of methoxy groups -OCH3 is 1. The van der Waals surface area contributed by atoms with Crippen molar-refractivity contribution >= 4 is 11.9 Å². The molecule has 0 aliphatic rings. The monoisotopic (exact) mass is 324 g/mol. The van der Waals surface area contributed by atoms with E-state index < -0.39 is 11.9 Å². The fourth-order valence-corrected chi connectivity index (χ4v) is 1.92. The lowest BCUT2D eigenvalue weighted by Crippen LogP contribution is -2.33. The molecule has 2 aromatic carbocycles. The standard InChI is InChI=1S/C18H16N2O4/c1-23-18(22)11-20-17(21)12-24-16-8-6-15(7-9-16)14-4-2-13(10-19)3-5-14/h2-9H,11-12H2,1H3,(H,20,21). The summed E-state index contributed by atoms with van der Waals surface area (Å²) >= 11 is 0. The lowest BCUT2D eigenvalue weighted by molar-refractivity contribution is -0.141. The van der Waals surface area contributed by atoms with Crippen LogP contribution in [0.4, 0.5) is 0 Å². The van der Waals surface area contributed by atoms with Gasteiger partial charge in [0.15, 0.2) is 6.61 Å². The molecule has 122 valence electrons. The molecular formula is C18H16N2O4. The van der Waals surface area contributed by atoms with E-state index in [2.05, 4.69) is 16.1 Å². The SMILES string of the molecule is COC(=O)CNC(=O)COc1ccc(-c2ccc(C#N)cc2)cc1. The van der Waals surface area contributed by atoms with Crippen molar-refractivity contribution in [1.29, 1.82) is 5.26 Å². The first-order valence-corrected chi connectivity index (χ1v) is 7.19. The smallest absolute Gasteiger partial charge is 0.325 e. The summed E-state index contributed by atoms with van der Waals surface area (Å²) in [5.74, 6) is -0.382. The van der Waals surface area contributed by atoms with Crippen molar-refractivity contribution < 1.29 is 19.1 Å². The van der Waals surface area contributed by atoms with Crippen molar-refractivity contribution in [2.75, 3.05) is 20.3 Å². The molecule has 0 saturated carbocycles. The van der Waals surface area contributed by atoms with E-state index in [0.717, 1.165) is 11.1 Å². The topological polar surface area (TPSA) is 88.4 Å². The van der Waals surface area contributed by atoms with Gasteiger partial charge in [-0.15, -0.1) is 0 Å². The Morgan fingerprint density at radius 2 is 1.62 bits per heavy atom. The minimum atomic E-state index is -0.518. The van der Waals surface area contributed by atoms with Gasteiger partial charge in [0.25, 0.3) is 5.91 Å². The number of carbonyl (C=O) groups excluding carboxylic acids is 2. The molecule has 24 heavy (non-hydrogen) atoms. The van der Waals surface area contributed by atoms with Crippen molar-refractivity contribution in [3.05, 3.63) is 54.1 Å². The number of esters is 1. The molecule has 0 aliphatic carbocycles. The predicted molar refractivity (Wildman–Crippen MR) is 87.1 cm³/mol. The fourth-order valence-electron chi connectivity index (χ4n) is 1.92. The van der Waals surface area contributed by atoms with Gasteiger partial charge in [-0.1, -0.05) is 24.3 Å². The Kier molecular flexibility index (Phi) is 5.92. The number of amides is 1. The molecule has 2 rings (SSSR count). The number of nitriles is 1. The van der Waals surface area contributed by atoms with Crippen LogP contribution in [0.5, 0.6) is 5.75 Å². The summed E-state index contributed by atoms with van der Waals surface area (Å²) in [6.45, 7) is -0.371. The van der Waals surface area contributed by atoms with Gasteiger partial charge in [-0.3, -0.25) is 9.59 Å². The van der Waals surface area contributed by atoms with Crippen LogP contribution in [0.1, 0.15) is 5.56 Å². The molecule has 1 amide bonds. The van der Waals surface area contributed by atoms with Gasteiger partial charge in [-0.05, 0) is 35.4 Å². The lowest BCUT2D eigenvalue weighted by atomic mass is 10.0. The fraction of sp³-hybridized carbons (Fsp3) is 0.167. The highest BCUT2D eigenvalue weighted by molar-refractivity contribution is 5.82. The zero-order valence-electron chi connectivity index (χ0n) is 13.1. The summed E-state index contributed by atoms with van der Waals surface area (Å²) in [4.78, 5) is 22.4. The van der Waals surface area contributed by atoms with E-state index in [1.165, 1.54) is 7.11 Å². The van der Waals surface area contributed by atoms with Gasteiger partial charge in [0.1, 0.15) is 12.3 Å². The van der Waals surface area contributed by atoms with Crippen LogP contribution in [0.2, 0.25) is 0 Å². The van der Waals surface area contributed by atoms with Gasteiger partial charge in [0.05, 0.1) is 18.7 Å². The van der Waals surface area contributed by atoms with Crippen LogP contribution >= 0.6 is 0 Å². The average Bonchev–Trinajstić information content (AvgIpc) is 2.64. The second-order valence-corrected chi connectivity index (χ2v) is 4.86. The zero-order valence-corrected chi connectivity index (χ0v) is 13.1. The summed E-state index contributed by atoms with van der Waals surface area (Å²) < 4.78 is 9.77. The second kappa shape index (κ2) is 8.34. The molecular weight excluding hydrogens is 308 g/mol. The van der Waals surface area contributed by atoms with Crippen molar-refractivity contribution in [2.24, 2.45) is 0 Å². The number of nitrogens with one attached hydrogen (secondary N) is 1. The summed E-state index contributed by atoms with van der Waals surface area (Å²) in [7, 11) is 1.25. The van der Waals surface area contributed by atoms with Crippen LogP contribution in [-0.4, -0.2) is 32.1 Å². The molecule has 0 aliphatic heterocycles. The van der Waals surface area contributed by atoms with Gasteiger partial charge in [-0.25, -0.2) is 0 Å². The molecule has 0 heterocycles. The van der Waals surface area contributed by atoms with Crippen LogP contribution in [0.15, 0.2) is 48.5 Å². The van der Waals surface area contributed by atoms with Gasteiger partial charge in [-0.2, -0.15) is 5.26 Å². The van der Waals surface area contributed by atoms with Crippen LogP contribution in [0, 0.1) is 11.3 Å². The minimum absolute atomic E-state index is 0.184. The van der Waals surface area contributed by atoms with Gasteiger partial charge >= 0.3 is 5.97 Å². The predicted octanol–water partition coefficient (Wildman–Crippen LogP) is 1.89. The van der Waals surface area contributed by atoms with E-state index in [9.17, 15) is 9.59 Å². The molecule has 0 fully saturated rings. The van der Waals surface area contributed by atoms with E-state index in [-0.39, 0.29) is 13.2 Å². The van der Waals surface area contributed by atoms with Crippen LogP contribution < -0.4 is 10.1 Å². The largest absolute Gasteiger partial charge is 0.484 e. The number of hydrogen-bond donors (Lipinski definition) is 1. The van der Waals surface area contributed by atoms with E-state index in [1.807, 2.05) is 24.3 Å². The first-order chi connectivity index (χ1) is 11.6. The summed E-state index contributed by atoms with van der Waals surface area (Å²) in [5, 5.41) is 11.2. The maximum absolute atomic E-state index is 11.5. The molecule has 0 unspecified atom stereocenters. The first kappa shape index (κ1) is 17.0. The number of benzene rings is 2. The summed E-state index contributed by atoms with van der Waals surface area (Å²) in [6.07, 6.45) is 0. The molecule has 0 saturated heterocycles. The summed E-state index contributed by atoms with van der Waals surface area (Å²) in [5.41, 5.74) is 2.56. The summed E-state index contributed by atoms with van der Waals surface area (Å²) in [6, 6.07) is 16.6. The number of carbonyl (C=O) groups is 2.